The SMILES string of the molecule is C=CC(=O)NCc1cccc(Cl)c1. The monoisotopic (exact) mass is 195 g/mol. The molecule has 0 spiro atoms. The Balaban J connectivity index is 2.54. The second-order valence-corrected chi connectivity index (χ2v) is 2.99. The molecule has 0 aliphatic heterocycles. The first-order valence-electron chi connectivity index (χ1n) is 3.87. The first-order valence-corrected chi connectivity index (χ1v) is 4.25. The van der Waals surface area contributed by atoms with E-state index in [4.69, 9.17) is 11.6 Å². The van der Waals surface area contributed by atoms with E-state index in [-0.39, 0.29) is 5.91 Å². The normalized spacial score (nSPS) is 9.31. The van der Waals surface area contributed by atoms with Crippen molar-refractivity contribution >= 4 is 17.5 Å². The van der Waals surface area contributed by atoms with Crippen LogP contribution in [-0.2, 0) is 11.3 Å². The summed E-state index contributed by atoms with van der Waals surface area (Å²) in [6.07, 6.45) is 1.24. The molecule has 0 unspecified atom stereocenters. The van der Waals surface area contributed by atoms with Gasteiger partial charge in [0.2, 0.25) is 5.91 Å². The average molecular weight is 196 g/mol. The van der Waals surface area contributed by atoms with Crippen LogP contribution >= 0.6 is 11.6 Å². The van der Waals surface area contributed by atoms with Crippen LogP contribution in [0.15, 0.2) is 36.9 Å². The predicted octanol–water partition coefficient (Wildman–Crippen LogP) is 2.14. The molecule has 3 heteroatoms. The molecule has 1 aromatic rings. The van der Waals surface area contributed by atoms with Crippen molar-refractivity contribution in [3.8, 4) is 0 Å². The molecule has 0 radical (unpaired) electrons. The second kappa shape index (κ2) is 4.67. The minimum atomic E-state index is -0.181. The summed E-state index contributed by atoms with van der Waals surface area (Å²) in [5, 5.41) is 3.33. The number of hydrogen-bond acceptors (Lipinski definition) is 1. The predicted molar refractivity (Wildman–Crippen MR) is 53.5 cm³/mol. The van der Waals surface area contributed by atoms with Crippen molar-refractivity contribution in [2.45, 2.75) is 6.54 Å². The number of nitrogens with one attached hydrogen (secondary N) is 1. The number of carbonyl (C=O) groups excluding carboxylic acids is 1. The summed E-state index contributed by atoms with van der Waals surface area (Å²) in [5.74, 6) is -0.181. The highest BCUT2D eigenvalue weighted by Gasteiger charge is 1.95. The van der Waals surface area contributed by atoms with Crippen LogP contribution in [0.3, 0.4) is 0 Å². The molecule has 1 amide bonds. The van der Waals surface area contributed by atoms with E-state index in [0.29, 0.717) is 11.6 Å². The van der Waals surface area contributed by atoms with E-state index in [2.05, 4.69) is 11.9 Å². The van der Waals surface area contributed by atoms with E-state index in [1.165, 1.54) is 6.08 Å². The molecule has 2 nitrogen and oxygen atoms in total. The Labute approximate surface area is 82.2 Å². The first-order chi connectivity index (χ1) is 6.22. The molecule has 0 saturated heterocycles. The molecule has 0 saturated carbocycles. The molecular formula is C10H10ClNO. The third-order valence-electron chi connectivity index (χ3n) is 1.54. The number of carbonyl (C=O) groups is 1. The summed E-state index contributed by atoms with van der Waals surface area (Å²) >= 11 is 5.76. The second-order valence-electron chi connectivity index (χ2n) is 2.55. The lowest BCUT2D eigenvalue weighted by Gasteiger charge is -2.02. The molecule has 0 atom stereocenters. The van der Waals surface area contributed by atoms with E-state index >= 15 is 0 Å². The Morgan fingerprint density at radius 1 is 1.62 bits per heavy atom. The Morgan fingerprint density at radius 2 is 2.38 bits per heavy atom. The smallest absolute Gasteiger partial charge is 0.243 e. The molecule has 0 aromatic heterocycles. The lowest BCUT2D eigenvalue weighted by Crippen LogP contribution is -2.19. The molecule has 0 aliphatic carbocycles. The van der Waals surface area contributed by atoms with Crippen LogP contribution in [0.2, 0.25) is 5.02 Å². The van der Waals surface area contributed by atoms with Gasteiger partial charge in [0.15, 0.2) is 0 Å². The lowest BCUT2D eigenvalue weighted by atomic mass is 10.2. The third kappa shape index (κ3) is 3.30. The van der Waals surface area contributed by atoms with Crippen molar-refractivity contribution in [1.82, 2.24) is 5.32 Å². The summed E-state index contributed by atoms with van der Waals surface area (Å²) in [5.41, 5.74) is 0.975. The van der Waals surface area contributed by atoms with Gasteiger partial charge in [-0.15, -0.1) is 0 Å². The Kier molecular flexibility index (Phi) is 3.53. The molecule has 0 bridgehead atoms. The molecule has 0 heterocycles. The van der Waals surface area contributed by atoms with Gasteiger partial charge >= 0.3 is 0 Å². The van der Waals surface area contributed by atoms with E-state index in [1.54, 1.807) is 6.07 Å². The fraction of sp³-hybridized carbons (Fsp3) is 0.100. The van der Waals surface area contributed by atoms with Gasteiger partial charge in [-0.2, -0.15) is 0 Å². The largest absolute Gasteiger partial charge is 0.348 e. The third-order valence-corrected chi connectivity index (χ3v) is 1.78. The van der Waals surface area contributed by atoms with Crippen molar-refractivity contribution in [1.29, 1.82) is 0 Å². The van der Waals surface area contributed by atoms with E-state index in [9.17, 15) is 4.79 Å². The fourth-order valence-corrected chi connectivity index (χ4v) is 1.12. The zero-order valence-electron chi connectivity index (χ0n) is 7.09. The van der Waals surface area contributed by atoms with Gasteiger partial charge in [-0.05, 0) is 23.8 Å². The maximum Gasteiger partial charge on any atom is 0.243 e. The van der Waals surface area contributed by atoms with Crippen molar-refractivity contribution in [2.24, 2.45) is 0 Å². The quantitative estimate of drug-likeness (QED) is 0.736. The van der Waals surface area contributed by atoms with Gasteiger partial charge in [0.05, 0.1) is 0 Å². The van der Waals surface area contributed by atoms with Crippen molar-refractivity contribution < 1.29 is 4.79 Å². The van der Waals surface area contributed by atoms with E-state index in [0.717, 1.165) is 5.56 Å². The van der Waals surface area contributed by atoms with Crippen LogP contribution in [-0.4, -0.2) is 5.91 Å². The molecule has 13 heavy (non-hydrogen) atoms. The van der Waals surface area contributed by atoms with E-state index < -0.39 is 0 Å². The lowest BCUT2D eigenvalue weighted by molar-refractivity contribution is -0.116. The number of halogens is 1. The van der Waals surface area contributed by atoms with Gasteiger partial charge < -0.3 is 5.32 Å². The zero-order valence-corrected chi connectivity index (χ0v) is 7.84. The average Bonchev–Trinajstić information content (AvgIpc) is 2.14. The minimum Gasteiger partial charge on any atom is -0.348 e. The maximum absolute atomic E-state index is 10.8. The summed E-state index contributed by atoms with van der Waals surface area (Å²) in [6.45, 7) is 3.83. The highest BCUT2D eigenvalue weighted by Crippen LogP contribution is 2.09. The van der Waals surface area contributed by atoms with Gasteiger partial charge in [-0.3, -0.25) is 4.79 Å². The van der Waals surface area contributed by atoms with Gasteiger partial charge in [0.25, 0.3) is 0 Å². The van der Waals surface area contributed by atoms with Gasteiger partial charge in [0.1, 0.15) is 0 Å². The topological polar surface area (TPSA) is 29.1 Å². The van der Waals surface area contributed by atoms with Crippen LogP contribution < -0.4 is 5.32 Å². The molecule has 1 rings (SSSR count). The fourth-order valence-electron chi connectivity index (χ4n) is 0.908. The summed E-state index contributed by atoms with van der Waals surface area (Å²) in [7, 11) is 0. The Morgan fingerprint density at radius 3 is 3.00 bits per heavy atom. The van der Waals surface area contributed by atoms with Crippen LogP contribution in [0.25, 0.3) is 0 Å². The molecule has 1 aromatic carbocycles. The molecule has 68 valence electrons. The number of benzene rings is 1. The highest BCUT2D eigenvalue weighted by atomic mass is 35.5. The number of amides is 1. The van der Waals surface area contributed by atoms with Gasteiger partial charge in [-0.1, -0.05) is 30.3 Å². The highest BCUT2D eigenvalue weighted by molar-refractivity contribution is 6.30. The Hall–Kier alpha value is -1.28. The number of rotatable bonds is 3. The number of hydrogen-bond donors (Lipinski definition) is 1. The standard InChI is InChI=1S/C10H10ClNO/c1-2-10(13)12-7-8-4-3-5-9(11)6-8/h2-6H,1,7H2,(H,12,13). The van der Waals surface area contributed by atoms with Crippen LogP contribution in [0.4, 0.5) is 0 Å². The zero-order chi connectivity index (χ0) is 9.68. The molecule has 0 aliphatic rings. The van der Waals surface area contributed by atoms with Crippen molar-refractivity contribution in [3.05, 3.63) is 47.5 Å². The van der Waals surface area contributed by atoms with Crippen LogP contribution in [0.1, 0.15) is 5.56 Å². The van der Waals surface area contributed by atoms with Crippen molar-refractivity contribution in [2.75, 3.05) is 0 Å². The van der Waals surface area contributed by atoms with Crippen LogP contribution in [0.5, 0.6) is 0 Å². The molecule has 1 N–H and O–H groups in total. The minimum absolute atomic E-state index is 0.181. The van der Waals surface area contributed by atoms with E-state index in [1.807, 2.05) is 18.2 Å². The Bertz CT molecular complexity index is 322. The maximum atomic E-state index is 10.8. The summed E-state index contributed by atoms with van der Waals surface area (Å²) in [6, 6.07) is 7.35. The first kappa shape index (κ1) is 9.81. The molecular weight excluding hydrogens is 186 g/mol. The van der Waals surface area contributed by atoms with Gasteiger partial charge in [-0.25, -0.2) is 0 Å². The summed E-state index contributed by atoms with van der Waals surface area (Å²) in [4.78, 5) is 10.8. The van der Waals surface area contributed by atoms with Gasteiger partial charge in [0, 0.05) is 11.6 Å². The van der Waals surface area contributed by atoms with Crippen LogP contribution in [0, 0.1) is 0 Å². The molecule has 0 fully saturated rings. The summed E-state index contributed by atoms with van der Waals surface area (Å²) < 4.78 is 0. The van der Waals surface area contributed by atoms with Crippen molar-refractivity contribution in [3.63, 3.8) is 0 Å².